The highest BCUT2D eigenvalue weighted by Gasteiger charge is 2.21. The third-order valence-corrected chi connectivity index (χ3v) is 3.20. The Kier molecular flexibility index (Phi) is 4.45. The van der Waals surface area contributed by atoms with Crippen LogP contribution < -0.4 is 0 Å². The van der Waals surface area contributed by atoms with E-state index in [4.69, 9.17) is 0 Å². The van der Waals surface area contributed by atoms with Gasteiger partial charge in [0, 0.05) is 0 Å². The number of hydrogen-bond donors (Lipinski definition) is 1. The van der Waals surface area contributed by atoms with Gasteiger partial charge < -0.3 is 5.11 Å². The molecule has 0 spiro atoms. The molecule has 0 bridgehead atoms. The highest BCUT2D eigenvalue weighted by molar-refractivity contribution is 5.71. The normalized spacial score (nSPS) is 10.8. The Morgan fingerprint density at radius 3 is 1.65 bits per heavy atom. The van der Waals surface area contributed by atoms with Crippen LogP contribution in [0.4, 0.5) is 8.78 Å². The summed E-state index contributed by atoms with van der Waals surface area (Å²) in [5.41, 5.74) is 0.660. The number of carboxylic acids is 1. The maximum absolute atomic E-state index is 13.6. The number of benzene rings is 2. The van der Waals surface area contributed by atoms with Gasteiger partial charge in [-0.05, 0) is 36.1 Å². The summed E-state index contributed by atoms with van der Waals surface area (Å²) in [6.07, 6.45) is 0.0761. The van der Waals surface area contributed by atoms with E-state index in [9.17, 15) is 18.7 Å². The number of carbonyl (C=O) groups is 1. The molecule has 104 valence electrons. The van der Waals surface area contributed by atoms with Crippen molar-refractivity contribution in [3.63, 3.8) is 0 Å². The SMILES string of the molecule is O=C(O)C(Cc1ccccc1F)Cc1ccccc1F. The number of carboxylic acid groups (broad SMARTS) is 1. The van der Waals surface area contributed by atoms with Crippen molar-refractivity contribution in [3.8, 4) is 0 Å². The van der Waals surface area contributed by atoms with Crippen LogP contribution in [0.3, 0.4) is 0 Å². The van der Waals surface area contributed by atoms with Gasteiger partial charge in [0.2, 0.25) is 0 Å². The molecule has 4 heteroatoms. The summed E-state index contributed by atoms with van der Waals surface area (Å²) >= 11 is 0. The van der Waals surface area contributed by atoms with Crippen molar-refractivity contribution in [2.45, 2.75) is 12.8 Å². The van der Waals surface area contributed by atoms with Crippen LogP contribution in [0, 0.1) is 17.6 Å². The molecule has 2 nitrogen and oxygen atoms in total. The third-order valence-electron chi connectivity index (χ3n) is 3.20. The second kappa shape index (κ2) is 6.28. The van der Waals surface area contributed by atoms with Crippen molar-refractivity contribution >= 4 is 5.97 Å². The summed E-state index contributed by atoms with van der Waals surface area (Å²) in [6, 6.07) is 12.1. The molecule has 0 saturated carbocycles. The van der Waals surface area contributed by atoms with Gasteiger partial charge >= 0.3 is 5.97 Å². The second-order valence-corrected chi connectivity index (χ2v) is 4.63. The molecule has 2 rings (SSSR count). The number of halogens is 2. The summed E-state index contributed by atoms with van der Waals surface area (Å²) in [5, 5.41) is 9.23. The molecule has 2 aromatic rings. The summed E-state index contributed by atoms with van der Waals surface area (Å²) < 4.78 is 27.1. The molecule has 2 aromatic carbocycles. The fourth-order valence-electron chi connectivity index (χ4n) is 2.11. The van der Waals surface area contributed by atoms with Gasteiger partial charge in [-0.2, -0.15) is 0 Å². The molecule has 0 unspecified atom stereocenters. The average molecular weight is 276 g/mol. The first-order valence-corrected chi connectivity index (χ1v) is 6.27. The quantitative estimate of drug-likeness (QED) is 0.908. The Bertz CT molecular complexity index is 563. The Labute approximate surface area is 115 Å². The van der Waals surface area contributed by atoms with Gasteiger partial charge in [-0.1, -0.05) is 36.4 Å². The van der Waals surface area contributed by atoms with Gasteiger partial charge in [0.15, 0.2) is 0 Å². The van der Waals surface area contributed by atoms with Gasteiger partial charge in [-0.25, -0.2) is 8.78 Å². The zero-order valence-corrected chi connectivity index (χ0v) is 10.7. The lowest BCUT2D eigenvalue weighted by Crippen LogP contribution is -2.20. The van der Waals surface area contributed by atoms with Crippen molar-refractivity contribution in [1.29, 1.82) is 0 Å². The van der Waals surface area contributed by atoms with E-state index in [0.717, 1.165) is 0 Å². The van der Waals surface area contributed by atoms with Crippen molar-refractivity contribution in [1.82, 2.24) is 0 Å². The van der Waals surface area contributed by atoms with Gasteiger partial charge in [-0.3, -0.25) is 4.79 Å². The fourth-order valence-corrected chi connectivity index (χ4v) is 2.11. The molecule has 20 heavy (non-hydrogen) atoms. The Morgan fingerprint density at radius 2 is 1.30 bits per heavy atom. The molecule has 0 saturated heterocycles. The number of hydrogen-bond acceptors (Lipinski definition) is 1. The molecule has 0 aliphatic rings. The first-order valence-electron chi connectivity index (χ1n) is 6.27. The van der Waals surface area contributed by atoms with Gasteiger partial charge in [0.1, 0.15) is 11.6 Å². The molecule has 0 heterocycles. The maximum atomic E-state index is 13.6. The molecule has 0 fully saturated rings. The highest BCUT2D eigenvalue weighted by Crippen LogP contribution is 2.19. The summed E-state index contributed by atoms with van der Waals surface area (Å²) in [6.45, 7) is 0. The van der Waals surface area contributed by atoms with Crippen LogP contribution in [0.25, 0.3) is 0 Å². The second-order valence-electron chi connectivity index (χ2n) is 4.63. The number of rotatable bonds is 5. The van der Waals surface area contributed by atoms with Gasteiger partial charge in [0.05, 0.1) is 5.92 Å². The molecule has 0 aromatic heterocycles. The lowest BCUT2D eigenvalue weighted by Gasteiger charge is -2.13. The van der Waals surface area contributed by atoms with Crippen LogP contribution in [0.1, 0.15) is 11.1 Å². The summed E-state index contributed by atoms with van der Waals surface area (Å²) in [7, 11) is 0. The average Bonchev–Trinajstić information content (AvgIpc) is 2.42. The van der Waals surface area contributed by atoms with E-state index >= 15 is 0 Å². The predicted molar refractivity (Wildman–Crippen MR) is 71.3 cm³/mol. The molecule has 0 amide bonds. The largest absolute Gasteiger partial charge is 0.481 e. The lowest BCUT2D eigenvalue weighted by molar-refractivity contribution is -0.141. The van der Waals surface area contributed by atoms with E-state index in [1.165, 1.54) is 12.1 Å². The van der Waals surface area contributed by atoms with Gasteiger partial charge in [0.25, 0.3) is 0 Å². The van der Waals surface area contributed by atoms with Crippen LogP contribution in [0.2, 0.25) is 0 Å². The van der Waals surface area contributed by atoms with E-state index in [1.807, 2.05) is 0 Å². The summed E-state index contributed by atoms with van der Waals surface area (Å²) in [4.78, 5) is 11.3. The van der Waals surface area contributed by atoms with E-state index in [-0.39, 0.29) is 12.8 Å². The zero-order chi connectivity index (χ0) is 14.5. The fraction of sp³-hybridized carbons (Fsp3) is 0.188. The van der Waals surface area contributed by atoms with Crippen LogP contribution in [0.15, 0.2) is 48.5 Å². The Balaban J connectivity index is 2.19. The molecular weight excluding hydrogens is 262 g/mol. The first kappa shape index (κ1) is 14.2. The molecule has 0 aliphatic carbocycles. The zero-order valence-electron chi connectivity index (χ0n) is 10.7. The van der Waals surface area contributed by atoms with E-state index in [1.54, 1.807) is 36.4 Å². The maximum Gasteiger partial charge on any atom is 0.307 e. The smallest absolute Gasteiger partial charge is 0.307 e. The third kappa shape index (κ3) is 3.41. The Morgan fingerprint density at radius 1 is 0.900 bits per heavy atom. The lowest BCUT2D eigenvalue weighted by atomic mass is 9.92. The molecule has 1 N–H and O–H groups in total. The minimum absolute atomic E-state index is 0.0380. The highest BCUT2D eigenvalue weighted by atomic mass is 19.1. The molecule has 0 atom stereocenters. The van der Waals surface area contributed by atoms with Crippen molar-refractivity contribution in [2.75, 3.05) is 0 Å². The standard InChI is InChI=1S/C16H14F2O2/c17-14-7-3-1-5-11(14)9-13(16(19)20)10-12-6-2-4-8-15(12)18/h1-8,13H,9-10H2,(H,19,20). The first-order chi connectivity index (χ1) is 9.58. The van der Waals surface area contributed by atoms with E-state index in [0.29, 0.717) is 11.1 Å². The topological polar surface area (TPSA) is 37.3 Å². The summed E-state index contributed by atoms with van der Waals surface area (Å²) in [5.74, 6) is -2.79. The van der Waals surface area contributed by atoms with Gasteiger partial charge in [-0.15, -0.1) is 0 Å². The van der Waals surface area contributed by atoms with Crippen molar-refractivity contribution in [3.05, 3.63) is 71.3 Å². The minimum atomic E-state index is -1.06. The van der Waals surface area contributed by atoms with E-state index in [2.05, 4.69) is 0 Å². The Hall–Kier alpha value is -2.23. The van der Waals surface area contributed by atoms with Crippen LogP contribution in [0.5, 0.6) is 0 Å². The molecular formula is C16H14F2O2. The molecule has 0 radical (unpaired) electrons. The van der Waals surface area contributed by atoms with Crippen LogP contribution in [-0.2, 0) is 17.6 Å². The van der Waals surface area contributed by atoms with E-state index < -0.39 is 23.5 Å². The van der Waals surface area contributed by atoms with Crippen LogP contribution >= 0.6 is 0 Å². The van der Waals surface area contributed by atoms with Crippen LogP contribution in [-0.4, -0.2) is 11.1 Å². The minimum Gasteiger partial charge on any atom is -0.481 e. The molecule has 0 aliphatic heterocycles. The predicted octanol–water partition coefficient (Wildman–Crippen LogP) is 3.45. The van der Waals surface area contributed by atoms with Crippen molar-refractivity contribution < 1.29 is 18.7 Å². The number of aliphatic carboxylic acids is 1. The monoisotopic (exact) mass is 276 g/mol. The van der Waals surface area contributed by atoms with Crippen molar-refractivity contribution in [2.24, 2.45) is 5.92 Å².